The van der Waals surface area contributed by atoms with E-state index in [2.05, 4.69) is 25.6 Å². The largest absolute Gasteiger partial charge is 0.393 e. The molecular formula is C16H17FN6S. The Morgan fingerprint density at radius 2 is 1.83 bits per heavy atom. The minimum atomic E-state index is -0.263. The maximum atomic E-state index is 12.9. The smallest absolute Gasteiger partial charge is 0.188 e. The van der Waals surface area contributed by atoms with Gasteiger partial charge in [-0.25, -0.2) is 19.3 Å². The number of nitrogens with zero attached hydrogens (tertiary/aromatic N) is 3. The van der Waals surface area contributed by atoms with E-state index in [1.54, 1.807) is 23.5 Å². The van der Waals surface area contributed by atoms with Gasteiger partial charge in [0.2, 0.25) is 0 Å². The molecule has 0 saturated carbocycles. The van der Waals surface area contributed by atoms with Crippen LogP contribution in [-0.4, -0.2) is 15.0 Å². The average Bonchev–Trinajstić information content (AvgIpc) is 2.88. The molecule has 0 bridgehead atoms. The molecule has 0 aliphatic carbocycles. The van der Waals surface area contributed by atoms with Gasteiger partial charge in [0.05, 0.1) is 5.69 Å². The second-order valence-electron chi connectivity index (χ2n) is 5.25. The molecule has 2 aromatic heterocycles. The average molecular weight is 344 g/mol. The van der Waals surface area contributed by atoms with Crippen molar-refractivity contribution >= 4 is 33.8 Å². The number of hydrogen-bond donors (Lipinski definition) is 3. The summed E-state index contributed by atoms with van der Waals surface area (Å²) in [4.78, 5) is 13.9. The first kappa shape index (κ1) is 16.1. The molecule has 0 amide bonds. The second-order valence-corrected chi connectivity index (χ2v) is 6.45. The maximum absolute atomic E-state index is 12.9. The van der Waals surface area contributed by atoms with Crippen LogP contribution in [0.3, 0.4) is 0 Å². The summed E-state index contributed by atoms with van der Waals surface area (Å²) in [6.07, 6.45) is 1.43. The standard InChI is InChI=1S/C16H17FN6S/c1-9-10(2)24-16(22-9)23-15-13(18)14(20-8-21-15)19-7-11-3-5-12(17)6-4-11/h3-6,8H,7,18H2,1-2H3,(H2,19,20,21,22,23). The third-order valence-electron chi connectivity index (χ3n) is 3.51. The molecule has 0 saturated heterocycles. The van der Waals surface area contributed by atoms with Crippen LogP contribution >= 0.6 is 11.3 Å². The number of nitrogens with two attached hydrogens (primary N) is 1. The van der Waals surface area contributed by atoms with Crippen LogP contribution in [-0.2, 0) is 6.54 Å². The molecule has 2 heterocycles. The lowest BCUT2D eigenvalue weighted by atomic mass is 10.2. The number of hydrogen-bond acceptors (Lipinski definition) is 7. The zero-order valence-corrected chi connectivity index (χ0v) is 14.1. The Kier molecular flexibility index (Phi) is 4.57. The number of anilines is 4. The van der Waals surface area contributed by atoms with E-state index in [-0.39, 0.29) is 5.82 Å². The van der Waals surface area contributed by atoms with Crippen LogP contribution in [0.5, 0.6) is 0 Å². The number of thiazole rings is 1. The third kappa shape index (κ3) is 3.60. The quantitative estimate of drug-likeness (QED) is 0.655. The fraction of sp³-hybridized carbons (Fsp3) is 0.188. The lowest BCUT2D eigenvalue weighted by Gasteiger charge is -2.11. The van der Waals surface area contributed by atoms with Gasteiger partial charge in [0, 0.05) is 11.4 Å². The summed E-state index contributed by atoms with van der Waals surface area (Å²) in [5, 5.41) is 6.99. The van der Waals surface area contributed by atoms with Crippen LogP contribution < -0.4 is 16.4 Å². The van der Waals surface area contributed by atoms with Crippen molar-refractivity contribution in [2.24, 2.45) is 0 Å². The Morgan fingerprint density at radius 1 is 1.12 bits per heavy atom. The molecule has 124 valence electrons. The molecule has 0 spiro atoms. The molecule has 3 rings (SSSR count). The Bertz CT molecular complexity index is 827. The fourth-order valence-electron chi connectivity index (χ4n) is 2.05. The van der Waals surface area contributed by atoms with Crippen molar-refractivity contribution in [1.29, 1.82) is 0 Å². The Balaban J connectivity index is 1.74. The van der Waals surface area contributed by atoms with Gasteiger partial charge in [-0.1, -0.05) is 12.1 Å². The lowest BCUT2D eigenvalue weighted by molar-refractivity contribution is 0.627. The molecule has 4 N–H and O–H groups in total. The highest BCUT2D eigenvalue weighted by Crippen LogP contribution is 2.29. The number of aryl methyl sites for hydroxylation is 2. The molecule has 24 heavy (non-hydrogen) atoms. The zero-order chi connectivity index (χ0) is 17.1. The van der Waals surface area contributed by atoms with E-state index in [9.17, 15) is 4.39 Å². The highest BCUT2D eigenvalue weighted by molar-refractivity contribution is 7.15. The summed E-state index contributed by atoms with van der Waals surface area (Å²) in [6, 6.07) is 6.25. The predicted octanol–water partition coefficient (Wildman–Crippen LogP) is 3.63. The molecule has 0 radical (unpaired) electrons. The van der Waals surface area contributed by atoms with Crippen molar-refractivity contribution in [3.05, 3.63) is 52.5 Å². The van der Waals surface area contributed by atoms with Crippen molar-refractivity contribution in [1.82, 2.24) is 15.0 Å². The van der Waals surface area contributed by atoms with E-state index in [4.69, 9.17) is 5.73 Å². The molecule has 0 fully saturated rings. The van der Waals surface area contributed by atoms with E-state index in [0.717, 1.165) is 21.3 Å². The molecule has 0 atom stereocenters. The van der Waals surface area contributed by atoms with Crippen LogP contribution in [0, 0.1) is 19.7 Å². The fourth-order valence-corrected chi connectivity index (χ4v) is 2.87. The Labute approximate surface area is 143 Å². The third-order valence-corrected chi connectivity index (χ3v) is 4.50. The summed E-state index contributed by atoms with van der Waals surface area (Å²) < 4.78 is 12.9. The summed E-state index contributed by atoms with van der Waals surface area (Å²) in [5.74, 6) is 0.753. The summed E-state index contributed by atoms with van der Waals surface area (Å²) >= 11 is 1.54. The van der Waals surface area contributed by atoms with Gasteiger partial charge in [-0.3, -0.25) is 0 Å². The van der Waals surface area contributed by atoms with Gasteiger partial charge in [-0.2, -0.15) is 0 Å². The van der Waals surface area contributed by atoms with Crippen LogP contribution in [0.1, 0.15) is 16.1 Å². The number of halogens is 1. The van der Waals surface area contributed by atoms with Crippen molar-refractivity contribution in [3.8, 4) is 0 Å². The van der Waals surface area contributed by atoms with Crippen molar-refractivity contribution in [3.63, 3.8) is 0 Å². The van der Waals surface area contributed by atoms with Gasteiger partial charge in [-0.15, -0.1) is 11.3 Å². The number of nitrogen functional groups attached to an aromatic ring is 1. The molecule has 6 nitrogen and oxygen atoms in total. The number of aromatic nitrogens is 3. The van der Waals surface area contributed by atoms with Gasteiger partial charge in [0.15, 0.2) is 16.8 Å². The highest BCUT2D eigenvalue weighted by atomic mass is 32.1. The highest BCUT2D eigenvalue weighted by Gasteiger charge is 2.11. The first-order chi connectivity index (χ1) is 11.5. The van der Waals surface area contributed by atoms with Crippen LogP contribution in [0.15, 0.2) is 30.6 Å². The van der Waals surface area contributed by atoms with E-state index in [0.29, 0.717) is 23.9 Å². The van der Waals surface area contributed by atoms with Gasteiger partial charge < -0.3 is 16.4 Å². The normalized spacial score (nSPS) is 10.6. The lowest BCUT2D eigenvalue weighted by Crippen LogP contribution is -2.08. The van der Waals surface area contributed by atoms with Crippen molar-refractivity contribution < 1.29 is 4.39 Å². The van der Waals surface area contributed by atoms with Crippen LogP contribution in [0.2, 0.25) is 0 Å². The monoisotopic (exact) mass is 344 g/mol. The van der Waals surface area contributed by atoms with E-state index < -0.39 is 0 Å². The Morgan fingerprint density at radius 3 is 2.50 bits per heavy atom. The van der Waals surface area contributed by atoms with E-state index in [1.165, 1.54) is 18.5 Å². The van der Waals surface area contributed by atoms with E-state index in [1.807, 2.05) is 13.8 Å². The molecule has 0 aliphatic heterocycles. The first-order valence-corrected chi connectivity index (χ1v) is 8.14. The summed E-state index contributed by atoms with van der Waals surface area (Å²) in [5.41, 5.74) is 8.44. The number of nitrogens with one attached hydrogen (secondary N) is 2. The van der Waals surface area contributed by atoms with Crippen LogP contribution in [0.25, 0.3) is 0 Å². The number of rotatable bonds is 5. The summed E-state index contributed by atoms with van der Waals surface area (Å²) in [6.45, 7) is 4.45. The van der Waals surface area contributed by atoms with Crippen molar-refractivity contribution in [2.45, 2.75) is 20.4 Å². The zero-order valence-electron chi connectivity index (χ0n) is 13.3. The second kappa shape index (κ2) is 6.79. The molecule has 0 unspecified atom stereocenters. The van der Waals surface area contributed by atoms with Gasteiger partial charge in [0.1, 0.15) is 17.8 Å². The Hall–Kier alpha value is -2.74. The molecular weight excluding hydrogens is 327 g/mol. The van der Waals surface area contributed by atoms with Crippen molar-refractivity contribution in [2.75, 3.05) is 16.4 Å². The van der Waals surface area contributed by atoms with Crippen LogP contribution in [0.4, 0.5) is 26.8 Å². The molecule has 3 aromatic rings. The molecule has 8 heteroatoms. The number of benzene rings is 1. The van der Waals surface area contributed by atoms with Gasteiger partial charge >= 0.3 is 0 Å². The predicted molar refractivity (Wildman–Crippen MR) is 95.0 cm³/mol. The minimum Gasteiger partial charge on any atom is -0.393 e. The van der Waals surface area contributed by atoms with E-state index >= 15 is 0 Å². The first-order valence-electron chi connectivity index (χ1n) is 7.33. The SMILES string of the molecule is Cc1nc(Nc2ncnc(NCc3ccc(F)cc3)c2N)sc1C. The van der Waals surface area contributed by atoms with Gasteiger partial charge in [0.25, 0.3) is 0 Å². The maximum Gasteiger partial charge on any atom is 0.188 e. The topological polar surface area (TPSA) is 88.8 Å². The summed E-state index contributed by atoms with van der Waals surface area (Å²) in [7, 11) is 0. The van der Waals surface area contributed by atoms with Gasteiger partial charge in [-0.05, 0) is 31.5 Å². The molecule has 1 aromatic carbocycles. The minimum absolute atomic E-state index is 0.263. The molecule has 0 aliphatic rings.